The van der Waals surface area contributed by atoms with E-state index in [4.69, 9.17) is 5.73 Å². The molecule has 2 rings (SSSR count). The fourth-order valence-corrected chi connectivity index (χ4v) is 2.49. The largest absolute Gasteiger partial charge is 0.383 e. The first kappa shape index (κ1) is 12.3. The lowest BCUT2D eigenvalue weighted by atomic mass is 10.4. The molecule has 17 heavy (non-hydrogen) atoms. The van der Waals surface area contributed by atoms with Gasteiger partial charge >= 0.3 is 0 Å². The monoisotopic (exact) mass is 313 g/mol. The summed E-state index contributed by atoms with van der Waals surface area (Å²) in [4.78, 5) is 12.6. The normalized spacial score (nSPS) is 10.5. The van der Waals surface area contributed by atoms with Crippen LogP contribution in [0.5, 0.6) is 0 Å². The minimum absolute atomic E-state index is 0.444. The van der Waals surface area contributed by atoms with Crippen LogP contribution in [0.25, 0.3) is 0 Å². The van der Waals surface area contributed by atoms with Crippen molar-refractivity contribution in [2.24, 2.45) is 0 Å². The zero-order valence-electron chi connectivity index (χ0n) is 9.27. The van der Waals surface area contributed by atoms with Crippen LogP contribution >= 0.6 is 27.3 Å². The number of hydrogen-bond acceptors (Lipinski definition) is 6. The number of nitrogens with one attached hydrogen (secondary N) is 1. The van der Waals surface area contributed by atoms with Crippen molar-refractivity contribution in [3.63, 3.8) is 0 Å². The Hall–Kier alpha value is -1.21. The Bertz CT molecular complexity index is 493. The van der Waals surface area contributed by atoms with E-state index in [1.165, 1.54) is 0 Å². The van der Waals surface area contributed by atoms with Gasteiger partial charge in [0, 0.05) is 30.1 Å². The summed E-state index contributed by atoms with van der Waals surface area (Å²) >= 11 is 4.94. The van der Waals surface area contributed by atoms with Gasteiger partial charge in [0.2, 0.25) is 5.95 Å². The number of nitrogens with zero attached hydrogens (tertiary/aromatic N) is 3. The number of rotatable bonds is 4. The van der Waals surface area contributed by atoms with Crippen LogP contribution in [-0.2, 0) is 6.42 Å². The van der Waals surface area contributed by atoms with Crippen molar-refractivity contribution in [2.45, 2.75) is 13.3 Å². The summed E-state index contributed by atoms with van der Waals surface area (Å²) in [6, 6.07) is 1.66. The number of halogens is 1. The third-order valence-electron chi connectivity index (χ3n) is 2.00. The fraction of sp³-hybridized carbons (Fsp3) is 0.300. The lowest BCUT2D eigenvalue weighted by molar-refractivity contribution is 0.960. The molecule has 0 aliphatic carbocycles. The average molecular weight is 314 g/mol. The molecule has 0 unspecified atom stereocenters. The predicted octanol–water partition coefficient (Wildman–Crippen LogP) is 2.24. The van der Waals surface area contributed by atoms with Crippen LogP contribution in [0, 0.1) is 6.92 Å². The molecule has 0 bridgehead atoms. The quantitative estimate of drug-likeness (QED) is 0.846. The van der Waals surface area contributed by atoms with Gasteiger partial charge in [-0.05, 0) is 22.9 Å². The maximum absolute atomic E-state index is 5.61. The number of hydrogen-bond donors (Lipinski definition) is 2. The molecule has 0 aliphatic rings. The Morgan fingerprint density at radius 3 is 2.88 bits per heavy atom. The smallest absolute Gasteiger partial charge is 0.225 e. The van der Waals surface area contributed by atoms with Crippen LogP contribution in [0.15, 0.2) is 16.0 Å². The molecule has 0 aromatic carbocycles. The second-order valence-electron chi connectivity index (χ2n) is 3.50. The van der Waals surface area contributed by atoms with E-state index in [9.17, 15) is 0 Å². The molecule has 0 saturated heterocycles. The number of aromatic nitrogens is 3. The highest BCUT2D eigenvalue weighted by Crippen LogP contribution is 2.13. The van der Waals surface area contributed by atoms with Gasteiger partial charge in [-0.15, -0.1) is 11.3 Å². The molecule has 0 atom stereocenters. The summed E-state index contributed by atoms with van der Waals surface area (Å²) in [7, 11) is 0. The maximum atomic E-state index is 5.61. The Morgan fingerprint density at radius 1 is 1.41 bits per heavy atom. The van der Waals surface area contributed by atoms with E-state index in [1.807, 2.05) is 12.3 Å². The van der Waals surface area contributed by atoms with E-state index >= 15 is 0 Å². The number of nitrogen functional groups attached to an aromatic ring is 1. The average Bonchev–Trinajstić information content (AvgIpc) is 2.63. The first-order valence-corrected chi connectivity index (χ1v) is 6.75. The lowest BCUT2D eigenvalue weighted by Gasteiger charge is -2.04. The predicted molar refractivity (Wildman–Crippen MR) is 73.2 cm³/mol. The van der Waals surface area contributed by atoms with Crippen molar-refractivity contribution >= 4 is 39.0 Å². The zero-order valence-corrected chi connectivity index (χ0v) is 11.7. The Morgan fingerprint density at radius 2 is 2.24 bits per heavy atom. The molecule has 3 N–H and O–H groups in total. The molecule has 0 saturated carbocycles. The standard InChI is InChI=1S/C10H12BrN5S/c1-6-5-17-9(14-6)2-3-13-10-15-7(11)4-8(12)16-10/h4-5H,2-3H2,1H3,(H3,12,13,15,16). The van der Waals surface area contributed by atoms with Crippen molar-refractivity contribution < 1.29 is 0 Å². The van der Waals surface area contributed by atoms with E-state index in [0.717, 1.165) is 23.7 Å². The van der Waals surface area contributed by atoms with Gasteiger partial charge in [0.1, 0.15) is 10.4 Å². The van der Waals surface area contributed by atoms with E-state index in [-0.39, 0.29) is 0 Å². The van der Waals surface area contributed by atoms with E-state index in [2.05, 4.69) is 36.2 Å². The molecular weight excluding hydrogens is 302 g/mol. The second kappa shape index (κ2) is 5.42. The Balaban J connectivity index is 1.89. The highest BCUT2D eigenvalue weighted by atomic mass is 79.9. The van der Waals surface area contributed by atoms with Crippen molar-refractivity contribution in [3.05, 3.63) is 26.8 Å². The summed E-state index contributed by atoms with van der Waals surface area (Å²) in [5.41, 5.74) is 6.68. The van der Waals surface area contributed by atoms with E-state index in [0.29, 0.717) is 16.4 Å². The van der Waals surface area contributed by atoms with Crippen molar-refractivity contribution in [3.8, 4) is 0 Å². The fourth-order valence-electron chi connectivity index (χ4n) is 1.31. The summed E-state index contributed by atoms with van der Waals surface area (Å²) in [5, 5.41) is 6.27. The third kappa shape index (κ3) is 3.64. The van der Waals surface area contributed by atoms with Gasteiger partial charge in [-0.2, -0.15) is 4.98 Å². The van der Waals surface area contributed by atoms with Gasteiger partial charge in [-0.1, -0.05) is 0 Å². The summed E-state index contributed by atoms with van der Waals surface area (Å²) in [6.45, 7) is 2.73. The van der Waals surface area contributed by atoms with Gasteiger partial charge in [0.05, 0.1) is 5.01 Å². The molecule has 2 aromatic rings. The highest BCUT2D eigenvalue weighted by molar-refractivity contribution is 9.10. The minimum atomic E-state index is 0.444. The van der Waals surface area contributed by atoms with Crippen molar-refractivity contribution in [1.82, 2.24) is 15.0 Å². The third-order valence-corrected chi connectivity index (χ3v) is 3.44. The molecule has 2 heterocycles. The van der Waals surface area contributed by atoms with Gasteiger partial charge in [-0.3, -0.25) is 0 Å². The number of aryl methyl sites for hydroxylation is 1. The molecule has 5 nitrogen and oxygen atoms in total. The SMILES string of the molecule is Cc1csc(CCNc2nc(N)cc(Br)n2)n1. The van der Waals surface area contributed by atoms with Crippen LogP contribution in [-0.4, -0.2) is 21.5 Å². The summed E-state index contributed by atoms with van der Waals surface area (Å²) < 4.78 is 0.678. The van der Waals surface area contributed by atoms with Crippen LogP contribution in [0.3, 0.4) is 0 Å². The lowest BCUT2D eigenvalue weighted by Crippen LogP contribution is -2.09. The second-order valence-corrected chi connectivity index (χ2v) is 5.25. The van der Waals surface area contributed by atoms with Gasteiger partial charge in [0.15, 0.2) is 0 Å². The van der Waals surface area contributed by atoms with Crippen molar-refractivity contribution in [1.29, 1.82) is 0 Å². The van der Waals surface area contributed by atoms with Crippen LogP contribution in [0.2, 0.25) is 0 Å². The zero-order chi connectivity index (χ0) is 12.3. The molecule has 0 amide bonds. The van der Waals surface area contributed by atoms with E-state index < -0.39 is 0 Å². The molecule has 90 valence electrons. The van der Waals surface area contributed by atoms with Gasteiger partial charge in [-0.25, -0.2) is 9.97 Å². The maximum Gasteiger partial charge on any atom is 0.225 e. The molecule has 7 heteroatoms. The van der Waals surface area contributed by atoms with Crippen LogP contribution in [0.1, 0.15) is 10.7 Å². The molecule has 0 spiro atoms. The summed E-state index contributed by atoms with van der Waals surface area (Å²) in [5.74, 6) is 0.977. The molecule has 0 fully saturated rings. The number of nitrogens with two attached hydrogens (primary N) is 1. The van der Waals surface area contributed by atoms with Gasteiger partial charge in [0.25, 0.3) is 0 Å². The minimum Gasteiger partial charge on any atom is -0.383 e. The molecule has 0 radical (unpaired) electrons. The molecule has 2 aromatic heterocycles. The first-order valence-electron chi connectivity index (χ1n) is 5.08. The van der Waals surface area contributed by atoms with E-state index in [1.54, 1.807) is 17.4 Å². The Kier molecular flexibility index (Phi) is 3.90. The van der Waals surface area contributed by atoms with Gasteiger partial charge < -0.3 is 11.1 Å². The topological polar surface area (TPSA) is 76.7 Å². The first-order chi connectivity index (χ1) is 8.13. The Labute approximate surface area is 112 Å². The number of anilines is 2. The molecular formula is C10H12BrN5S. The summed E-state index contributed by atoms with van der Waals surface area (Å²) in [6.07, 6.45) is 0.855. The van der Waals surface area contributed by atoms with Crippen LogP contribution in [0.4, 0.5) is 11.8 Å². The van der Waals surface area contributed by atoms with Crippen LogP contribution < -0.4 is 11.1 Å². The number of thiazole rings is 1. The molecule has 0 aliphatic heterocycles. The highest BCUT2D eigenvalue weighted by Gasteiger charge is 2.02. The van der Waals surface area contributed by atoms with Crippen molar-refractivity contribution in [2.75, 3.05) is 17.6 Å².